The van der Waals surface area contributed by atoms with E-state index in [0.717, 1.165) is 5.56 Å². The number of halogens is 1. The Hall–Kier alpha value is -3.15. The van der Waals surface area contributed by atoms with Crippen LogP contribution in [0.5, 0.6) is 5.75 Å². The number of carbonyl (C=O) groups is 2. The van der Waals surface area contributed by atoms with E-state index in [1.165, 1.54) is 34.6 Å². The molecule has 1 aromatic heterocycles. The van der Waals surface area contributed by atoms with Gasteiger partial charge in [0.2, 0.25) is 11.8 Å². The molecule has 2 heterocycles. The summed E-state index contributed by atoms with van der Waals surface area (Å²) in [7, 11) is -3.73. The number of rotatable bonds is 5. The largest absolute Gasteiger partial charge is 0.508 e. The van der Waals surface area contributed by atoms with Crippen LogP contribution in [0.15, 0.2) is 58.9 Å². The minimum atomic E-state index is -3.73. The molecule has 1 fully saturated rings. The van der Waals surface area contributed by atoms with Crippen molar-refractivity contribution in [3.8, 4) is 5.75 Å². The van der Waals surface area contributed by atoms with Crippen LogP contribution in [0.3, 0.4) is 0 Å². The summed E-state index contributed by atoms with van der Waals surface area (Å²) >= 11 is 6.79. The molecule has 1 aliphatic heterocycles. The number of aryl methyl sites for hydroxylation is 1. The van der Waals surface area contributed by atoms with Crippen molar-refractivity contribution in [2.24, 2.45) is 0 Å². The van der Waals surface area contributed by atoms with Crippen molar-refractivity contribution in [1.29, 1.82) is 0 Å². The van der Waals surface area contributed by atoms with Gasteiger partial charge in [-0.1, -0.05) is 18.5 Å². The Morgan fingerprint density at radius 3 is 2.49 bits per heavy atom. The minimum absolute atomic E-state index is 0. The Balaban J connectivity index is 0.000000530. The second-order valence-corrected chi connectivity index (χ2v) is 10.6. The van der Waals surface area contributed by atoms with E-state index >= 15 is 0 Å². The van der Waals surface area contributed by atoms with E-state index in [0.29, 0.717) is 41.1 Å². The summed E-state index contributed by atoms with van der Waals surface area (Å²) in [6.45, 7) is 4.45. The number of nitrogens with zero attached hydrogens (tertiary/aromatic N) is 3. The van der Waals surface area contributed by atoms with Crippen molar-refractivity contribution in [3.05, 3.63) is 64.6 Å². The summed E-state index contributed by atoms with van der Waals surface area (Å²) < 4.78 is 27.1. The van der Waals surface area contributed by atoms with Gasteiger partial charge in [0.15, 0.2) is 5.13 Å². The lowest BCUT2D eigenvalue weighted by Gasteiger charge is -2.34. The van der Waals surface area contributed by atoms with Crippen LogP contribution >= 0.6 is 22.9 Å². The lowest BCUT2D eigenvalue weighted by Crippen LogP contribution is -2.52. The number of aromatic hydroxyl groups is 1. The van der Waals surface area contributed by atoms with Crippen LogP contribution in [-0.2, 0) is 19.6 Å². The molecule has 0 atom stereocenters. The maximum absolute atomic E-state index is 12.3. The standard InChI is InChI=1S/C16H18N4O4S2.C7H7ClO.2H2/c1-2-14(21)19-8-9-20(15(22)11-19)12-3-5-13(6-4-12)26(23,24)18-16-17-7-10-25-16;1-5-4-6(8)2-3-7(5)9;;/h3-7,10H,2,8-9,11H2,1H3,(H,17,18);2-4,9H,1H3;2*1H. The van der Waals surface area contributed by atoms with Gasteiger partial charge in [-0.25, -0.2) is 13.4 Å². The number of benzene rings is 2. The molecule has 12 heteroatoms. The van der Waals surface area contributed by atoms with Crippen LogP contribution < -0.4 is 9.62 Å². The summed E-state index contributed by atoms with van der Waals surface area (Å²) in [5.74, 6) is 0.0571. The monoisotopic (exact) mass is 540 g/mol. The van der Waals surface area contributed by atoms with Gasteiger partial charge in [0.05, 0.1) is 4.90 Å². The van der Waals surface area contributed by atoms with E-state index in [4.69, 9.17) is 16.7 Å². The average molecular weight is 541 g/mol. The highest BCUT2D eigenvalue weighted by Gasteiger charge is 2.27. The number of nitrogens with one attached hydrogen (secondary N) is 1. The lowest BCUT2D eigenvalue weighted by atomic mass is 10.2. The fourth-order valence-corrected chi connectivity index (χ4v) is 5.27. The van der Waals surface area contributed by atoms with Crippen molar-refractivity contribution < 1.29 is 26.0 Å². The van der Waals surface area contributed by atoms with Gasteiger partial charge in [-0.05, 0) is 55.0 Å². The molecule has 0 saturated carbocycles. The molecule has 2 aromatic carbocycles. The minimum Gasteiger partial charge on any atom is -0.508 e. The number of phenols is 1. The van der Waals surface area contributed by atoms with Gasteiger partial charge in [0.25, 0.3) is 10.0 Å². The van der Waals surface area contributed by atoms with Crippen LogP contribution in [0.2, 0.25) is 5.02 Å². The number of piperazine rings is 1. The van der Waals surface area contributed by atoms with Gasteiger partial charge in [-0.3, -0.25) is 14.3 Å². The average Bonchev–Trinajstić information content (AvgIpc) is 3.34. The van der Waals surface area contributed by atoms with Crippen LogP contribution in [0.4, 0.5) is 10.8 Å². The summed E-state index contributed by atoms with van der Waals surface area (Å²) in [6, 6.07) is 11.0. The third-order valence-electron chi connectivity index (χ3n) is 5.15. The first-order chi connectivity index (χ1) is 16.6. The zero-order valence-corrected chi connectivity index (χ0v) is 21.5. The SMILES string of the molecule is CCC(=O)N1CCN(c2ccc(S(=O)(=O)Nc3nccs3)cc2)C(=O)C1.Cc1cc(Cl)ccc1O.[HH].[HH]. The molecule has 190 valence electrons. The lowest BCUT2D eigenvalue weighted by molar-refractivity contribution is -0.136. The number of sulfonamides is 1. The number of aromatic nitrogens is 1. The Labute approximate surface area is 216 Å². The van der Waals surface area contributed by atoms with Gasteiger partial charge in [-0.2, -0.15) is 0 Å². The quantitative estimate of drug-likeness (QED) is 0.495. The molecule has 2 N–H and O–H groups in total. The summed E-state index contributed by atoms with van der Waals surface area (Å²) in [5.41, 5.74) is 1.41. The normalized spacial score (nSPS) is 13.7. The summed E-state index contributed by atoms with van der Waals surface area (Å²) in [5, 5.41) is 11.6. The van der Waals surface area contributed by atoms with E-state index in [9.17, 15) is 18.0 Å². The zero-order valence-electron chi connectivity index (χ0n) is 19.1. The molecule has 0 radical (unpaired) electrons. The maximum atomic E-state index is 12.3. The molecular weight excluding hydrogens is 512 g/mol. The fraction of sp³-hybridized carbons (Fsp3) is 0.261. The van der Waals surface area contributed by atoms with E-state index < -0.39 is 10.0 Å². The molecular formula is C23H29ClN4O5S2. The van der Waals surface area contributed by atoms with Crippen molar-refractivity contribution in [2.75, 3.05) is 29.3 Å². The van der Waals surface area contributed by atoms with E-state index in [2.05, 4.69) is 9.71 Å². The van der Waals surface area contributed by atoms with Gasteiger partial charge in [0, 0.05) is 44.7 Å². The Bertz CT molecular complexity index is 1290. The number of phenolic OH excluding ortho intramolecular Hbond substituents is 1. The second-order valence-electron chi connectivity index (χ2n) is 7.58. The fourth-order valence-electron chi connectivity index (χ4n) is 3.25. The van der Waals surface area contributed by atoms with Crippen LogP contribution in [0.1, 0.15) is 21.8 Å². The molecule has 1 saturated heterocycles. The maximum Gasteiger partial charge on any atom is 0.263 e. The Morgan fingerprint density at radius 2 is 1.94 bits per heavy atom. The molecule has 0 unspecified atom stereocenters. The van der Waals surface area contributed by atoms with E-state index in [-0.39, 0.29) is 26.1 Å². The molecule has 2 amide bonds. The highest BCUT2D eigenvalue weighted by atomic mass is 35.5. The van der Waals surface area contributed by atoms with Crippen LogP contribution in [-0.4, -0.2) is 54.9 Å². The second kappa shape index (κ2) is 11.5. The molecule has 9 nitrogen and oxygen atoms in total. The van der Waals surface area contributed by atoms with Crippen LogP contribution in [0, 0.1) is 6.92 Å². The molecule has 35 heavy (non-hydrogen) atoms. The summed E-state index contributed by atoms with van der Waals surface area (Å²) in [4.78, 5) is 31.1. The van der Waals surface area contributed by atoms with Gasteiger partial charge in [-0.15, -0.1) is 11.3 Å². The van der Waals surface area contributed by atoms with Gasteiger partial charge >= 0.3 is 0 Å². The van der Waals surface area contributed by atoms with Crippen molar-refractivity contribution >= 4 is 55.6 Å². The number of amides is 2. The molecule has 4 rings (SSSR count). The number of hydrogen-bond donors (Lipinski definition) is 2. The molecule has 1 aliphatic rings. The van der Waals surface area contributed by atoms with Crippen molar-refractivity contribution in [3.63, 3.8) is 0 Å². The highest BCUT2D eigenvalue weighted by molar-refractivity contribution is 7.93. The van der Waals surface area contributed by atoms with Gasteiger partial charge in [0.1, 0.15) is 12.3 Å². The van der Waals surface area contributed by atoms with Crippen molar-refractivity contribution in [2.45, 2.75) is 25.2 Å². The highest BCUT2D eigenvalue weighted by Crippen LogP contribution is 2.23. The predicted molar refractivity (Wildman–Crippen MR) is 141 cm³/mol. The topological polar surface area (TPSA) is 120 Å². The van der Waals surface area contributed by atoms with E-state index in [1.54, 1.807) is 54.5 Å². The Kier molecular flexibility index (Phi) is 8.71. The number of anilines is 2. The van der Waals surface area contributed by atoms with Crippen molar-refractivity contribution in [1.82, 2.24) is 9.88 Å². The number of hydrogen-bond acceptors (Lipinski definition) is 7. The van der Waals surface area contributed by atoms with Gasteiger partial charge < -0.3 is 14.9 Å². The third kappa shape index (κ3) is 6.93. The zero-order chi connectivity index (χ0) is 25.6. The third-order valence-corrected chi connectivity index (χ3v) is 7.56. The molecule has 0 spiro atoms. The number of thiazole rings is 1. The molecule has 0 bridgehead atoms. The Morgan fingerprint density at radius 1 is 1.23 bits per heavy atom. The summed E-state index contributed by atoms with van der Waals surface area (Å²) in [6.07, 6.45) is 1.88. The smallest absolute Gasteiger partial charge is 0.263 e. The predicted octanol–water partition coefficient (Wildman–Crippen LogP) is 4.38. The van der Waals surface area contributed by atoms with E-state index in [1.807, 2.05) is 0 Å². The first kappa shape index (κ1) is 26.5. The first-order valence-corrected chi connectivity index (χ1v) is 13.4. The first-order valence-electron chi connectivity index (χ1n) is 10.7. The van der Waals surface area contributed by atoms with Crippen LogP contribution in [0.25, 0.3) is 0 Å². The molecule has 0 aliphatic carbocycles. The number of carbonyl (C=O) groups excluding carboxylic acids is 2. The molecule has 3 aromatic rings.